The van der Waals surface area contributed by atoms with Crippen LogP contribution in [-0.2, 0) is 9.59 Å². The molecule has 1 aromatic heterocycles. The summed E-state index contributed by atoms with van der Waals surface area (Å²) in [5.74, 6) is -0.219. The van der Waals surface area contributed by atoms with Crippen molar-refractivity contribution in [1.29, 1.82) is 0 Å². The highest BCUT2D eigenvalue weighted by atomic mass is 32.1. The number of ketones is 1. The largest absolute Gasteiger partial charge is 0.457 e. The topological polar surface area (TPSA) is 79.6 Å². The lowest BCUT2D eigenvalue weighted by molar-refractivity contribution is -0.122. The molecule has 0 spiro atoms. The van der Waals surface area contributed by atoms with Gasteiger partial charge in [-0.25, -0.2) is 0 Å². The zero-order chi connectivity index (χ0) is 22.1. The molecule has 0 unspecified atom stereocenters. The summed E-state index contributed by atoms with van der Waals surface area (Å²) in [6.45, 7) is 3.37. The highest BCUT2D eigenvalue weighted by Crippen LogP contribution is 2.27. The van der Waals surface area contributed by atoms with E-state index in [4.69, 9.17) is 16.6 Å². The molecule has 0 aliphatic carbocycles. The fourth-order valence-electron chi connectivity index (χ4n) is 3.29. The van der Waals surface area contributed by atoms with Crippen molar-refractivity contribution in [3.05, 3.63) is 83.1 Å². The summed E-state index contributed by atoms with van der Waals surface area (Å²) in [4.78, 5) is 38.3. The summed E-state index contributed by atoms with van der Waals surface area (Å²) in [5.41, 5.74) is 2.76. The van der Waals surface area contributed by atoms with Crippen molar-refractivity contribution in [3.8, 4) is 11.3 Å². The molecule has 1 saturated heterocycles. The van der Waals surface area contributed by atoms with E-state index < -0.39 is 11.8 Å². The Balaban J connectivity index is 1.65. The van der Waals surface area contributed by atoms with Crippen molar-refractivity contribution in [2.45, 2.75) is 13.8 Å². The molecular weight excluding hydrogens is 412 g/mol. The smallest absolute Gasteiger partial charge is 0.270 e. The lowest BCUT2D eigenvalue weighted by Gasteiger charge is -2.29. The van der Waals surface area contributed by atoms with Crippen LogP contribution in [0.15, 0.2) is 70.7 Å². The number of nitrogens with zero attached hydrogens (tertiary/aromatic N) is 1. The van der Waals surface area contributed by atoms with E-state index in [1.54, 1.807) is 48.5 Å². The Hall–Kier alpha value is -3.84. The molecule has 3 aromatic rings. The average molecular weight is 430 g/mol. The molecule has 1 aliphatic rings. The van der Waals surface area contributed by atoms with Gasteiger partial charge in [-0.3, -0.25) is 24.6 Å². The van der Waals surface area contributed by atoms with Crippen LogP contribution in [0, 0.1) is 6.92 Å². The molecule has 6 nitrogen and oxygen atoms in total. The van der Waals surface area contributed by atoms with Crippen LogP contribution in [0.5, 0.6) is 0 Å². The Labute approximate surface area is 184 Å². The van der Waals surface area contributed by atoms with Crippen LogP contribution in [-0.4, -0.2) is 22.7 Å². The first-order valence-electron chi connectivity index (χ1n) is 9.53. The molecular formula is C24H18N2O4S. The number of benzene rings is 2. The number of anilines is 1. The van der Waals surface area contributed by atoms with E-state index in [2.05, 4.69) is 5.32 Å². The first-order valence-corrected chi connectivity index (χ1v) is 9.94. The van der Waals surface area contributed by atoms with Crippen molar-refractivity contribution in [2.75, 3.05) is 4.90 Å². The van der Waals surface area contributed by atoms with Crippen LogP contribution in [0.1, 0.15) is 28.6 Å². The molecule has 2 aromatic carbocycles. The average Bonchev–Trinajstić information content (AvgIpc) is 3.21. The third-order valence-electron chi connectivity index (χ3n) is 4.95. The first kappa shape index (κ1) is 20.4. The summed E-state index contributed by atoms with van der Waals surface area (Å²) >= 11 is 5.24. The van der Waals surface area contributed by atoms with Crippen molar-refractivity contribution >= 4 is 46.7 Å². The molecule has 0 bridgehead atoms. The molecule has 2 amide bonds. The van der Waals surface area contributed by atoms with E-state index in [0.29, 0.717) is 22.8 Å². The van der Waals surface area contributed by atoms with E-state index >= 15 is 0 Å². The van der Waals surface area contributed by atoms with E-state index in [1.165, 1.54) is 17.9 Å². The van der Waals surface area contributed by atoms with Gasteiger partial charge in [0, 0.05) is 11.1 Å². The van der Waals surface area contributed by atoms with Crippen LogP contribution in [0.25, 0.3) is 17.4 Å². The minimum atomic E-state index is -0.580. The quantitative estimate of drug-likeness (QED) is 0.289. The van der Waals surface area contributed by atoms with Crippen molar-refractivity contribution in [1.82, 2.24) is 5.32 Å². The molecule has 1 fully saturated rings. The van der Waals surface area contributed by atoms with Gasteiger partial charge in [0.15, 0.2) is 10.9 Å². The summed E-state index contributed by atoms with van der Waals surface area (Å²) in [6, 6.07) is 17.7. The fraction of sp³-hybridized carbons (Fsp3) is 0.0833. The van der Waals surface area contributed by atoms with Crippen molar-refractivity contribution < 1.29 is 18.8 Å². The lowest BCUT2D eigenvalue weighted by atomic mass is 10.1. The van der Waals surface area contributed by atoms with Gasteiger partial charge in [-0.1, -0.05) is 42.5 Å². The van der Waals surface area contributed by atoms with Crippen LogP contribution in [0.2, 0.25) is 0 Å². The second-order valence-electron chi connectivity index (χ2n) is 7.08. The minimum Gasteiger partial charge on any atom is -0.457 e. The second kappa shape index (κ2) is 8.12. The number of hydrogen-bond acceptors (Lipinski definition) is 5. The predicted octanol–water partition coefficient (Wildman–Crippen LogP) is 4.29. The third-order valence-corrected chi connectivity index (χ3v) is 5.23. The van der Waals surface area contributed by atoms with Gasteiger partial charge in [-0.05, 0) is 55.9 Å². The molecule has 1 N–H and O–H groups in total. The normalized spacial score (nSPS) is 15.4. The Bertz CT molecular complexity index is 1250. The van der Waals surface area contributed by atoms with Gasteiger partial charge < -0.3 is 4.42 Å². The van der Waals surface area contributed by atoms with Gasteiger partial charge in [0.1, 0.15) is 17.1 Å². The summed E-state index contributed by atoms with van der Waals surface area (Å²) in [7, 11) is 0. The Kier molecular flexibility index (Phi) is 5.35. The first-order chi connectivity index (χ1) is 14.8. The van der Waals surface area contributed by atoms with Gasteiger partial charge >= 0.3 is 0 Å². The molecule has 0 saturated carbocycles. The number of amides is 2. The monoisotopic (exact) mass is 430 g/mol. The number of para-hydroxylation sites is 1. The van der Waals surface area contributed by atoms with Gasteiger partial charge in [-0.2, -0.15) is 0 Å². The number of Topliss-reactive ketones (excluding diaryl/α,β-unsaturated/α-hetero) is 1. The highest BCUT2D eigenvalue weighted by Gasteiger charge is 2.35. The Morgan fingerprint density at radius 1 is 1.03 bits per heavy atom. The minimum absolute atomic E-state index is 0.0191. The maximum atomic E-state index is 13.1. The Morgan fingerprint density at radius 2 is 1.74 bits per heavy atom. The molecule has 2 heterocycles. The van der Waals surface area contributed by atoms with Gasteiger partial charge in [0.05, 0.1) is 5.69 Å². The summed E-state index contributed by atoms with van der Waals surface area (Å²) in [6.07, 6.45) is 1.40. The number of nitrogens with one attached hydrogen (secondary N) is 1. The number of hydrogen-bond donors (Lipinski definition) is 1. The van der Waals surface area contributed by atoms with Crippen molar-refractivity contribution in [2.24, 2.45) is 0 Å². The molecule has 0 radical (unpaired) electrons. The second-order valence-corrected chi connectivity index (χ2v) is 7.47. The number of thiocarbonyl (C=S) groups is 1. The lowest BCUT2D eigenvalue weighted by Crippen LogP contribution is -2.54. The van der Waals surface area contributed by atoms with Crippen LogP contribution < -0.4 is 10.2 Å². The standard InChI is InChI=1S/C24H18N2O4S/c1-14-5-3-4-6-20(14)26-23(29)19(22(28)25-24(26)31)13-18-11-12-21(30-18)17-9-7-16(8-10-17)15(2)27/h3-13H,1-2H3,(H,25,28,31)/b19-13-. The van der Waals surface area contributed by atoms with Crippen LogP contribution in [0.3, 0.4) is 0 Å². The molecule has 0 atom stereocenters. The van der Waals surface area contributed by atoms with Crippen LogP contribution in [0.4, 0.5) is 5.69 Å². The predicted molar refractivity (Wildman–Crippen MR) is 122 cm³/mol. The number of aryl methyl sites for hydroxylation is 1. The third kappa shape index (κ3) is 3.95. The van der Waals surface area contributed by atoms with E-state index in [9.17, 15) is 14.4 Å². The molecule has 31 heavy (non-hydrogen) atoms. The van der Waals surface area contributed by atoms with Crippen LogP contribution >= 0.6 is 12.2 Å². The van der Waals surface area contributed by atoms with E-state index in [-0.39, 0.29) is 16.5 Å². The number of carbonyl (C=O) groups excluding carboxylic acids is 3. The van der Waals surface area contributed by atoms with Gasteiger partial charge in [0.2, 0.25) is 0 Å². The van der Waals surface area contributed by atoms with Gasteiger partial charge in [-0.15, -0.1) is 0 Å². The Morgan fingerprint density at radius 3 is 2.42 bits per heavy atom. The molecule has 7 heteroatoms. The number of carbonyl (C=O) groups is 3. The summed E-state index contributed by atoms with van der Waals surface area (Å²) in [5, 5.41) is 2.60. The van der Waals surface area contributed by atoms with E-state index in [1.807, 2.05) is 19.1 Å². The van der Waals surface area contributed by atoms with Crippen molar-refractivity contribution in [3.63, 3.8) is 0 Å². The zero-order valence-corrected chi connectivity index (χ0v) is 17.7. The highest BCUT2D eigenvalue weighted by molar-refractivity contribution is 7.80. The molecule has 4 rings (SSSR count). The molecule has 154 valence electrons. The fourth-order valence-corrected chi connectivity index (χ4v) is 3.56. The SMILES string of the molecule is CC(=O)c1ccc(-c2ccc(/C=C3/C(=O)NC(=S)N(c4ccccc4C)C3=O)o2)cc1. The maximum absolute atomic E-state index is 13.1. The number of furan rings is 1. The summed E-state index contributed by atoms with van der Waals surface area (Å²) < 4.78 is 5.82. The van der Waals surface area contributed by atoms with E-state index in [0.717, 1.165) is 11.1 Å². The zero-order valence-electron chi connectivity index (χ0n) is 16.8. The maximum Gasteiger partial charge on any atom is 0.270 e. The van der Waals surface area contributed by atoms with Gasteiger partial charge in [0.25, 0.3) is 11.8 Å². The molecule has 1 aliphatic heterocycles. The number of rotatable bonds is 4.